The van der Waals surface area contributed by atoms with E-state index in [1.165, 1.54) is 4.68 Å². The SMILES string of the molecule is CNCCOCC(O)n1nnc2c1-c1ccccc1CN(C(=O)CCC(=O)NCCC(C)(C)OCCC(C)(C)C(C)=O)c1ccccc1-2. The van der Waals surface area contributed by atoms with Gasteiger partial charge in [-0.05, 0) is 52.3 Å². The number of aromatic nitrogens is 3. The lowest BCUT2D eigenvalue weighted by Crippen LogP contribution is -2.35. The van der Waals surface area contributed by atoms with Gasteiger partial charge in [0, 0.05) is 49.1 Å². The summed E-state index contributed by atoms with van der Waals surface area (Å²) in [6.45, 7) is 11.6. The Morgan fingerprint density at radius 2 is 1.67 bits per heavy atom. The van der Waals surface area contributed by atoms with E-state index in [9.17, 15) is 19.5 Å². The zero-order valence-corrected chi connectivity index (χ0v) is 29.0. The van der Waals surface area contributed by atoms with Crippen LogP contribution in [0.3, 0.4) is 0 Å². The first-order valence-corrected chi connectivity index (χ1v) is 16.6. The van der Waals surface area contributed by atoms with Crippen molar-refractivity contribution in [3.05, 3.63) is 54.1 Å². The van der Waals surface area contributed by atoms with Gasteiger partial charge in [0.25, 0.3) is 0 Å². The lowest BCUT2D eigenvalue weighted by molar-refractivity contribution is -0.127. The average molecular weight is 663 g/mol. The maximum absolute atomic E-state index is 13.8. The third-order valence-electron chi connectivity index (χ3n) is 8.88. The number of carbonyl (C=O) groups excluding carboxylic acids is 3. The Labute approximate surface area is 283 Å². The molecule has 0 aliphatic carbocycles. The van der Waals surface area contributed by atoms with E-state index in [0.717, 1.165) is 11.1 Å². The summed E-state index contributed by atoms with van der Waals surface area (Å²) in [5.41, 5.74) is 3.27. The number of fused-ring (bicyclic) bond motifs is 5. The van der Waals surface area contributed by atoms with Crippen LogP contribution in [0.4, 0.5) is 5.69 Å². The minimum Gasteiger partial charge on any atom is -0.375 e. The first-order valence-electron chi connectivity index (χ1n) is 16.6. The summed E-state index contributed by atoms with van der Waals surface area (Å²) in [5, 5.41) is 25.8. The number of likely N-dealkylation sites (N-methyl/N-ethyl adjacent to an activating group) is 1. The van der Waals surface area contributed by atoms with Crippen LogP contribution in [0, 0.1) is 5.41 Å². The molecule has 0 radical (unpaired) electrons. The standard InChI is InChI=1S/C36H50N6O6/c1-25(43)35(2,3)18-21-48-36(4,5)17-19-38-30(44)15-16-31(45)41-23-26-11-7-8-12-27(26)34-33(28-13-9-10-14-29(28)41)39-40-42(34)32(46)24-47-22-20-37-6/h7-14,32,37,46H,15-24H2,1-6H3,(H,38,44). The third kappa shape index (κ3) is 9.34. The number of anilines is 1. The van der Waals surface area contributed by atoms with Gasteiger partial charge in [0.2, 0.25) is 11.8 Å². The molecule has 0 saturated carbocycles. The zero-order chi connectivity index (χ0) is 34.9. The molecule has 2 aromatic carbocycles. The fourth-order valence-electron chi connectivity index (χ4n) is 5.42. The number of rotatable bonds is 17. The highest BCUT2D eigenvalue weighted by Gasteiger charge is 2.31. The molecule has 3 aromatic rings. The van der Waals surface area contributed by atoms with Gasteiger partial charge in [-0.1, -0.05) is 61.5 Å². The molecule has 0 fully saturated rings. The first kappa shape index (κ1) is 36.9. The van der Waals surface area contributed by atoms with E-state index < -0.39 is 17.2 Å². The molecule has 12 nitrogen and oxygen atoms in total. The topological polar surface area (TPSA) is 148 Å². The number of nitrogens with one attached hydrogen (secondary N) is 2. The normalized spacial score (nSPS) is 13.5. The predicted octanol–water partition coefficient (Wildman–Crippen LogP) is 4.27. The van der Waals surface area contributed by atoms with E-state index >= 15 is 0 Å². The van der Waals surface area contributed by atoms with Gasteiger partial charge in [0.1, 0.15) is 17.2 Å². The second kappa shape index (κ2) is 16.4. The number of aliphatic hydroxyl groups is 1. The second-order valence-electron chi connectivity index (χ2n) is 13.4. The highest BCUT2D eigenvalue weighted by Crippen LogP contribution is 2.41. The van der Waals surface area contributed by atoms with Crippen LogP contribution in [0.5, 0.6) is 0 Å². The highest BCUT2D eigenvalue weighted by atomic mass is 16.5. The summed E-state index contributed by atoms with van der Waals surface area (Å²) in [5.74, 6) is -0.282. The van der Waals surface area contributed by atoms with Gasteiger partial charge in [-0.3, -0.25) is 14.4 Å². The van der Waals surface area contributed by atoms with E-state index in [2.05, 4.69) is 20.9 Å². The van der Waals surface area contributed by atoms with Crippen LogP contribution in [0.1, 0.15) is 72.1 Å². The maximum Gasteiger partial charge on any atom is 0.227 e. The molecule has 0 saturated heterocycles. The summed E-state index contributed by atoms with van der Waals surface area (Å²) < 4.78 is 13.1. The molecule has 1 aliphatic rings. The summed E-state index contributed by atoms with van der Waals surface area (Å²) in [6, 6.07) is 15.2. The predicted molar refractivity (Wildman–Crippen MR) is 184 cm³/mol. The largest absolute Gasteiger partial charge is 0.375 e. The van der Waals surface area contributed by atoms with E-state index in [1.807, 2.05) is 83.3 Å². The van der Waals surface area contributed by atoms with Gasteiger partial charge in [-0.15, -0.1) is 5.10 Å². The average Bonchev–Trinajstić information content (AvgIpc) is 3.48. The van der Waals surface area contributed by atoms with Crippen molar-refractivity contribution in [2.45, 2.75) is 78.7 Å². The van der Waals surface area contributed by atoms with Crippen LogP contribution >= 0.6 is 0 Å². The Bertz CT molecular complexity index is 1570. The molecule has 1 atom stereocenters. The number of benzene rings is 2. The second-order valence-corrected chi connectivity index (χ2v) is 13.4. The van der Waals surface area contributed by atoms with Crippen LogP contribution in [-0.2, 0) is 30.4 Å². The molecule has 3 N–H and O–H groups in total. The van der Waals surface area contributed by atoms with Gasteiger partial charge in [0.15, 0.2) is 6.23 Å². The summed E-state index contributed by atoms with van der Waals surface area (Å²) in [7, 11) is 1.83. The number of nitrogens with zero attached hydrogens (tertiary/aromatic N) is 4. The molecule has 1 unspecified atom stereocenters. The van der Waals surface area contributed by atoms with Crippen LogP contribution in [-0.4, -0.2) is 83.3 Å². The van der Waals surface area contributed by atoms with Crippen molar-refractivity contribution >= 4 is 23.3 Å². The van der Waals surface area contributed by atoms with Crippen LogP contribution < -0.4 is 15.5 Å². The number of Topliss-reactive ketones (excluding diaryl/α,β-unsaturated/α-hetero) is 1. The molecular formula is C36H50N6O6. The van der Waals surface area contributed by atoms with E-state index in [1.54, 1.807) is 11.8 Å². The summed E-state index contributed by atoms with van der Waals surface area (Å²) in [6.07, 6.45) is 0.200. The van der Waals surface area contributed by atoms with Crippen molar-refractivity contribution < 1.29 is 29.0 Å². The van der Waals surface area contributed by atoms with Crippen LogP contribution in [0.15, 0.2) is 48.5 Å². The Morgan fingerprint density at radius 3 is 2.40 bits per heavy atom. The number of para-hydroxylation sites is 1. The molecule has 1 aliphatic heterocycles. The lowest BCUT2D eigenvalue weighted by Gasteiger charge is -2.29. The van der Waals surface area contributed by atoms with Gasteiger partial charge >= 0.3 is 0 Å². The number of aliphatic hydroxyl groups excluding tert-OH is 1. The van der Waals surface area contributed by atoms with E-state index in [4.69, 9.17) is 9.47 Å². The maximum atomic E-state index is 13.8. The molecule has 260 valence electrons. The molecule has 2 amide bonds. The summed E-state index contributed by atoms with van der Waals surface area (Å²) >= 11 is 0. The van der Waals surface area contributed by atoms with Crippen molar-refractivity contribution in [2.75, 3.05) is 44.9 Å². The van der Waals surface area contributed by atoms with Crippen molar-refractivity contribution in [3.8, 4) is 22.5 Å². The number of hydrogen-bond acceptors (Lipinski definition) is 9. The van der Waals surface area contributed by atoms with Crippen molar-refractivity contribution in [1.29, 1.82) is 0 Å². The Hall–Kier alpha value is -3.97. The van der Waals surface area contributed by atoms with E-state index in [-0.39, 0.29) is 43.6 Å². The molecular weight excluding hydrogens is 612 g/mol. The monoisotopic (exact) mass is 662 g/mol. The molecule has 2 heterocycles. The Morgan fingerprint density at radius 1 is 0.958 bits per heavy atom. The van der Waals surface area contributed by atoms with Crippen LogP contribution in [0.25, 0.3) is 22.5 Å². The van der Waals surface area contributed by atoms with Crippen LogP contribution in [0.2, 0.25) is 0 Å². The zero-order valence-electron chi connectivity index (χ0n) is 29.0. The number of ketones is 1. The minimum atomic E-state index is -1.06. The number of carbonyl (C=O) groups is 3. The minimum absolute atomic E-state index is 0.0184. The van der Waals surface area contributed by atoms with Gasteiger partial charge < -0.3 is 30.1 Å². The van der Waals surface area contributed by atoms with Gasteiger partial charge in [-0.2, -0.15) is 0 Å². The van der Waals surface area contributed by atoms with Gasteiger partial charge in [0.05, 0.1) is 31.0 Å². The number of hydrogen-bond donors (Lipinski definition) is 3. The number of amides is 2. The Balaban J connectivity index is 1.44. The van der Waals surface area contributed by atoms with Crippen molar-refractivity contribution in [1.82, 2.24) is 25.6 Å². The number of ether oxygens (including phenoxy) is 2. The fraction of sp³-hybridized carbons (Fsp3) is 0.528. The van der Waals surface area contributed by atoms with Crippen molar-refractivity contribution in [3.63, 3.8) is 0 Å². The fourth-order valence-corrected chi connectivity index (χ4v) is 5.42. The molecule has 1 aromatic heterocycles. The smallest absolute Gasteiger partial charge is 0.227 e. The van der Waals surface area contributed by atoms with Gasteiger partial charge in [-0.25, -0.2) is 4.68 Å². The summed E-state index contributed by atoms with van der Waals surface area (Å²) in [4.78, 5) is 40.1. The molecule has 4 rings (SSSR count). The third-order valence-corrected chi connectivity index (χ3v) is 8.88. The molecule has 12 heteroatoms. The lowest BCUT2D eigenvalue weighted by atomic mass is 9.86. The Kier molecular flexibility index (Phi) is 12.6. The first-order chi connectivity index (χ1) is 22.8. The quantitative estimate of drug-likeness (QED) is 0.180. The highest BCUT2D eigenvalue weighted by molar-refractivity contribution is 6.01. The van der Waals surface area contributed by atoms with Crippen molar-refractivity contribution in [2.24, 2.45) is 5.41 Å². The van der Waals surface area contributed by atoms with E-state index in [0.29, 0.717) is 61.8 Å². The molecule has 48 heavy (non-hydrogen) atoms. The molecule has 0 bridgehead atoms. The molecule has 0 spiro atoms.